The van der Waals surface area contributed by atoms with Crippen LogP contribution in [-0.2, 0) is 0 Å². The van der Waals surface area contributed by atoms with Crippen LogP contribution in [-0.4, -0.2) is 5.78 Å². The third-order valence-corrected chi connectivity index (χ3v) is 3.50. The maximum absolute atomic E-state index is 12.1. The summed E-state index contributed by atoms with van der Waals surface area (Å²) < 4.78 is 0. The number of allylic oxidation sites excluding steroid dienone is 1. The molecule has 104 valence electrons. The molecule has 0 radical (unpaired) electrons. The molecule has 22 heavy (non-hydrogen) atoms. The van der Waals surface area contributed by atoms with Crippen LogP contribution in [0.25, 0.3) is 16.8 Å². The van der Waals surface area contributed by atoms with Crippen molar-refractivity contribution in [1.82, 2.24) is 0 Å². The number of nitriles is 1. The Morgan fingerprint density at radius 3 is 2.36 bits per heavy atom. The fourth-order valence-corrected chi connectivity index (χ4v) is 2.29. The zero-order valence-electron chi connectivity index (χ0n) is 11.9. The van der Waals surface area contributed by atoms with Gasteiger partial charge in [0.1, 0.15) is 0 Å². The second kappa shape index (κ2) is 6.07. The van der Waals surface area contributed by atoms with Gasteiger partial charge < -0.3 is 0 Å². The fourth-order valence-electron chi connectivity index (χ4n) is 2.29. The van der Waals surface area contributed by atoms with Gasteiger partial charge >= 0.3 is 0 Å². The third-order valence-electron chi connectivity index (χ3n) is 3.50. The molecule has 2 heteroatoms. The number of ketones is 1. The van der Waals surface area contributed by atoms with Crippen molar-refractivity contribution >= 4 is 22.6 Å². The number of hydrogen-bond donors (Lipinski definition) is 0. The van der Waals surface area contributed by atoms with E-state index in [1.54, 1.807) is 30.3 Å². The summed E-state index contributed by atoms with van der Waals surface area (Å²) in [5.41, 5.74) is 2.12. The molecule has 0 aromatic heterocycles. The number of fused-ring (bicyclic) bond motifs is 1. The van der Waals surface area contributed by atoms with Crippen LogP contribution in [0, 0.1) is 11.3 Å². The van der Waals surface area contributed by atoms with Crippen molar-refractivity contribution in [3.8, 4) is 6.07 Å². The molecule has 0 bridgehead atoms. The Balaban J connectivity index is 1.82. The van der Waals surface area contributed by atoms with E-state index in [1.807, 2.05) is 36.4 Å². The van der Waals surface area contributed by atoms with Crippen molar-refractivity contribution in [1.29, 1.82) is 5.26 Å². The predicted molar refractivity (Wildman–Crippen MR) is 88.5 cm³/mol. The van der Waals surface area contributed by atoms with E-state index in [4.69, 9.17) is 5.26 Å². The van der Waals surface area contributed by atoms with E-state index >= 15 is 0 Å². The molecular weight excluding hydrogens is 270 g/mol. The molecule has 0 atom stereocenters. The summed E-state index contributed by atoms with van der Waals surface area (Å²) in [5, 5.41) is 11.1. The van der Waals surface area contributed by atoms with Crippen molar-refractivity contribution < 1.29 is 4.79 Å². The quantitative estimate of drug-likeness (QED) is 0.520. The van der Waals surface area contributed by atoms with Crippen molar-refractivity contribution in [3.05, 3.63) is 89.5 Å². The van der Waals surface area contributed by atoms with E-state index in [2.05, 4.69) is 18.2 Å². The molecule has 3 rings (SSSR count). The molecule has 0 saturated heterocycles. The number of carbonyl (C=O) groups excluding carboxylic acids is 1. The molecule has 3 aromatic carbocycles. The topological polar surface area (TPSA) is 40.9 Å². The first-order valence-electron chi connectivity index (χ1n) is 6.98. The van der Waals surface area contributed by atoms with Gasteiger partial charge in [-0.05, 0) is 52.7 Å². The van der Waals surface area contributed by atoms with Gasteiger partial charge in [-0.1, -0.05) is 42.5 Å². The summed E-state index contributed by atoms with van der Waals surface area (Å²) >= 11 is 0. The number of benzene rings is 3. The number of rotatable bonds is 3. The lowest BCUT2D eigenvalue weighted by Gasteiger charge is -1.99. The highest BCUT2D eigenvalue weighted by Crippen LogP contribution is 2.16. The standard InChI is InChI=1S/C20H13NO/c21-14-16-6-10-18(11-7-16)20(22)12-8-15-5-9-17-3-1-2-4-19(17)13-15/h1-13H/b12-8+. The molecule has 0 aliphatic carbocycles. The molecule has 0 amide bonds. The first-order valence-corrected chi connectivity index (χ1v) is 6.98. The molecule has 0 unspecified atom stereocenters. The monoisotopic (exact) mass is 283 g/mol. The second-order valence-electron chi connectivity index (χ2n) is 4.99. The highest BCUT2D eigenvalue weighted by atomic mass is 16.1. The van der Waals surface area contributed by atoms with Crippen LogP contribution in [0.15, 0.2) is 72.8 Å². The van der Waals surface area contributed by atoms with Gasteiger partial charge in [-0.15, -0.1) is 0 Å². The van der Waals surface area contributed by atoms with E-state index in [0.717, 1.165) is 10.9 Å². The Morgan fingerprint density at radius 1 is 0.909 bits per heavy atom. The molecule has 0 aliphatic rings. The summed E-state index contributed by atoms with van der Waals surface area (Å²) in [7, 11) is 0. The fraction of sp³-hybridized carbons (Fsp3) is 0. The Bertz CT molecular complexity index is 899. The molecule has 2 nitrogen and oxygen atoms in total. The minimum atomic E-state index is -0.0716. The third kappa shape index (κ3) is 2.94. The lowest BCUT2D eigenvalue weighted by molar-refractivity contribution is 0.104. The summed E-state index contributed by atoms with van der Waals surface area (Å²) in [6, 6.07) is 22.9. The minimum Gasteiger partial charge on any atom is -0.289 e. The molecule has 0 saturated carbocycles. The molecular formula is C20H13NO. The van der Waals surface area contributed by atoms with Gasteiger partial charge in [0.15, 0.2) is 5.78 Å². The molecule has 0 spiro atoms. The molecule has 0 aliphatic heterocycles. The summed E-state index contributed by atoms with van der Waals surface area (Å²) in [5.74, 6) is -0.0716. The number of hydrogen-bond acceptors (Lipinski definition) is 2. The van der Waals surface area contributed by atoms with Gasteiger partial charge in [0.25, 0.3) is 0 Å². The highest BCUT2D eigenvalue weighted by Gasteiger charge is 2.01. The second-order valence-corrected chi connectivity index (χ2v) is 4.99. The van der Waals surface area contributed by atoms with Gasteiger partial charge in [0.05, 0.1) is 11.6 Å². The van der Waals surface area contributed by atoms with Crippen LogP contribution in [0.2, 0.25) is 0 Å². The van der Waals surface area contributed by atoms with Crippen LogP contribution in [0.3, 0.4) is 0 Å². The molecule has 3 aromatic rings. The van der Waals surface area contributed by atoms with E-state index < -0.39 is 0 Å². The molecule has 0 heterocycles. The average molecular weight is 283 g/mol. The Morgan fingerprint density at radius 2 is 1.64 bits per heavy atom. The molecule has 0 fully saturated rings. The summed E-state index contributed by atoms with van der Waals surface area (Å²) in [4.78, 5) is 12.1. The minimum absolute atomic E-state index is 0.0716. The number of nitrogens with zero attached hydrogens (tertiary/aromatic N) is 1. The van der Waals surface area contributed by atoms with Gasteiger partial charge in [-0.3, -0.25) is 4.79 Å². The average Bonchev–Trinajstić information content (AvgIpc) is 2.59. The summed E-state index contributed by atoms with van der Waals surface area (Å²) in [6.45, 7) is 0. The maximum atomic E-state index is 12.1. The van der Waals surface area contributed by atoms with Gasteiger partial charge in [0, 0.05) is 5.56 Å². The van der Waals surface area contributed by atoms with Crippen molar-refractivity contribution in [2.45, 2.75) is 0 Å². The first-order chi connectivity index (χ1) is 10.8. The van der Waals surface area contributed by atoms with Crippen LogP contribution in [0.4, 0.5) is 0 Å². The largest absolute Gasteiger partial charge is 0.289 e. The maximum Gasteiger partial charge on any atom is 0.185 e. The lowest BCUT2D eigenvalue weighted by atomic mass is 10.0. The van der Waals surface area contributed by atoms with Crippen molar-refractivity contribution in [2.24, 2.45) is 0 Å². The normalized spacial score (nSPS) is 10.7. The van der Waals surface area contributed by atoms with Crippen LogP contribution >= 0.6 is 0 Å². The zero-order valence-corrected chi connectivity index (χ0v) is 11.9. The molecule has 0 N–H and O–H groups in total. The van der Waals surface area contributed by atoms with Gasteiger partial charge in [-0.25, -0.2) is 0 Å². The summed E-state index contributed by atoms with van der Waals surface area (Å²) in [6.07, 6.45) is 3.37. The number of carbonyl (C=O) groups is 1. The zero-order chi connectivity index (χ0) is 15.4. The predicted octanol–water partition coefficient (Wildman–Crippen LogP) is 4.61. The SMILES string of the molecule is N#Cc1ccc(C(=O)/C=C/c2ccc3ccccc3c2)cc1. The van der Waals surface area contributed by atoms with Crippen LogP contribution < -0.4 is 0 Å². The van der Waals surface area contributed by atoms with E-state index in [9.17, 15) is 4.79 Å². The van der Waals surface area contributed by atoms with Crippen LogP contribution in [0.1, 0.15) is 21.5 Å². The first kappa shape index (κ1) is 13.8. The Hall–Kier alpha value is -3.18. The van der Waals surface area contributed by atoms with Crippen molar-refractivity contribution in [3.63, 3.8) is 0 Å². The lowest BCUT2D eigenvalue weighted by Crippen LogP contribution is -1.93. The van der Waals surface area contributed by atoms with E-state index in [1.165, 1.54) is 5.39 Å². The van der Waals surface area contributed by atoms with E-state index in [-0.39, 0.29) is 5.78 Å². The highest BCUT2D eigenvalue weighted by molar-refractivity contribution is 6.07. The van der Waals surface area contributed by atoms with E-state index in [0.29, 0.717) is 11.1 Å². The Labute approximate surface area is 128 Å². The van der Waals surface area contributed by atoms with Crippen molar-refractivity contribution in [2.75, 3.05) is 0 Å². The van der Waals surface area contributed by atoms with Crippen LogP contribution in [0.5, 0.6) is 0 Å². The van der Waals surface area contributed by atoms with Gasteiger partial charge in [-0.2, -0.15) is 5.26 Å². The smallest absolute Gasteiger partial charge is 0.185 e. The van der Waals surface area contributed by atoms with Gasteiger partial charge in [0.2, 0.25) is 0 Å². The Kier molecular flexibility index (Phi) is 3.80.